The Morgan fingerprint density at radius 1 is 1.03 bits per heavy atom. The summed E-state index contributed by atoms with van der Waals surface area (Å²) in [4.78, 5) is 24.3. The number of aliphatic hydroxyl groups excluding tert-OH is 2. The highest BCUT2D eigenvalue weighted by atomic mass is 16.5. The van der Waals surface area contributed by atoms with E-state index in [1.165, 1.54) is 6.92 Å². The quantitative estimate of drug-likeness (QED) is 0.321. The van der Waals surface area contributed by atoms with Gasteiger partial charge in [0.1, 0.15) is 18.4 Å². The molecule has 0 spiro atoms. The van der Waals surface area contributed by atoms with Gasteiger partial charge in [-0.3, -0.25) is 9.59 Å². The van der Waals surface area contributed by atoms with Gasteiger partial charge in [-0.25, -0.2) is 0 Å². The lowest BCUT2D eigenvalue weighted by atomic mass is 10.0. The fourth-order valence-electron chi connectivity index (χ4n) is 2.80. The molecule has 180 valence electrons. The Morgan fingerprint density at radius 3 is 2.41 bits per heavy atom. The maximum Gasteiger partial charge on any atom is 0.251 e. The minimum absolute atomic E-state index is 0.0148. The number of hydrogen-bond acceptors (Lipinski definition) is 7. The predicted molar refractivity (Wildman–Crippen MR) is 125 cm³/mol. The van der Waals surface area contributed by atoms with Crippen molar-refractivity contribution in [2.75, 3.05) is 26.4 Å². The molecule has 8 nitrogen and oxygen atoms in total. The third kappa shape index (κ3) is 9.22. The third-order valence-corrected chi connectivity index (χ3v) is 4.58. The van der Waals surface area contributed by atoms with E-state index in [0.717, 1.165) is 0 Å². The zero-order valence-electron chi connectivity index (χ0n) is 19.3. The van der Waals surface area contributed by atoms with Gasteiger partial charge in [0.15, 0.2) is 11.5 Å². The molecule has 0 fully saturated rings. The SMILES string of the molecule is CCC(=O)[C@@H](NC(=O)c1ccc(C#CC#Cc2ccc(COCCOCCO)o2)cc1)[C@H](C)O. The number of Topliss-reactive ketones (excluding diaryl/α,β-unsaturated/α-hetero) is 1. The van der Waals surface area contributed by atoms with E-state index >= 15 is 0 Å². The van der Waals surface area contributed by atoms with Crippen molar-refractivity contribution in [3.8, 4) is 23.7 Å². The van der Waals surface area contributed by atoms with Crippen molar-refractivity contribution < 1.29 is 33.7 Å². The van der Waals surface area contributed by atoms with Gasteiger partial charge in [0.2, 0.25) is 0 Å². The van der Waals surface area contributed by atoms with Gasteiger partial charge in [0.05, 0.1) is 32.5 Å². The van der Waals surface area contributed by atoms with Gasteiger partial charge in [0, 0.05) is 17.5 Å². The molecule has 0 unspecified atom stereocenters. The number of hydrogen-bond donors (Lipinski definition) is 3. The Labute approximate surface area is 199 Å². The molecule has 0 aliphatic heterocycles. The molecule has 3 N–H and O–H groups in total. The lowest BCUT2D eigenvalue weighted by Crippen LogP contribution is -2.47. The average Bonchev–Trinajstić information content (AvgIpc) is 3.29. The molecule has 1 heterocycles. The molecule has 2 aromatic rings. The first-order valence-corrected chi connectivity index (χ1v) is 10.9. The van der Waals surface area contributed by atoms with Gasteiger partial charge >= 0.3 is 0 Å². The molecule has 2 atom stereocenters. The molecule has 0 saturated heterocycles. The van der Waals surface area contributed by atoms with Gasteiger partial charge in [0.25, 0.3) is 5.91 Å². The molecule has 2 rings (SSSR count). The van der Waals surface area contributed by atoms with Crippen LogP contribution in [0.3, 0.4) is 0 Å². The largest absolute Gasteiger partial charge is 0.450 e. The normalized spacial score (nSPS) is 12.0. The van der Waals surface area contributed by atoms with Crippen molar-refractivity contribution in [1.82, 2.24) is 5.32 Å². The van der Waals surface area contributed by atoms with Crippen molar-refractivity contribution >= 4 is 11.7 Å². The van der Waals surface area contributed by atoms with Gasteiger partial charge in [-0.1, -0.05) is 12.8 Å². The van der Waals surface area contributed by atoms with Crippen LogP contribution in [-0.4, -0.2) is 60.5 Å². The van der Waals surface area contributed by atoms with Crippen molar-refractivity contribution in [1.29, 1.82) is 0 Å². The molecular formula is C26H29NO7. The van der Waals surface area contributed by atoms with Gasteiger partial charge in [-0.2, -0.15) is 0 Å². The van der Waals surface area contributed by atoms with E-state index in [4.69, 9.17) is 19.0 Å². The van der Waals surface area contributed by atoms with E-state index < -0.39 is 18.1 Å². The molecule has 1 aromatic heterocycles. The zero-order chi connectivity index (χ0) is 24.8. The van der Waals surface area contributed by atoms with Crippen molar-refractivity contribution in [2.45, 2.75) is 39.0 Å². The van der Waals surface area contributed by atoms with Crippen LogP contribution in [0, 0.1) is 23.7 Å². The van der Waals surface area contributed by atoms with Crippen LogP contribution < -0.4 is 5.32 Å². The Hall–Kier alpha value is -3.40. The fourth-order valence-corrected chi connectivity index (χ4v) is 2.80. The van der Waals surface area contributed by atoms with Crippen molar-refractivity contribution in [3.05, 3.63) is 59.0 Å². The number of rotatable bonds is 12. The Balaban J connectivity index is 1.86. The van der Waals surface area contributed by atoms with Crippen LogP contribution in [0.2, 0.25) is 0 Å². The second kappa shape index (κ2) is 14.7. The summed E-state index contributed by atoms with van der Waals surface area (Å²) in [6.45, 7) is 4.50. The summed E-state index contributed by atoms with van der Waals surface area (Å²) in [6, 6.07) is 9.10. The monoisotopic (exact) mass is 467 g/mol. The number of ketones is 1. The highest BCUT2D eigenvalue weighted by Crippen LogP contribution is 2.08. The van der Waals surface area contributed by atoms with Crippen LogP contribution in [0.25, 0.3) is 0 Å². The number of aliphatic hydroxyl groups is 2. The van der Waals surface area contributed by atoms with E-state index in [0.29, 0.717) is 42.5 Å². The van der Waals surface area contributed by atoms with Gasteiger partial charge < -0.3 is 29.4 Å². The average molecular weight is 468 g/mol. The molecule has 1 aromatic carbocycles. The van der Waals surface area contributed by atoms with Crippen molar-refractivity contribution in [2.24, 2.45) is 0 Å². The summed E-state index contributed by atoms with van der Waals surface area (Å²) in [7, 11) is 0. The van der Waals surface area contributed by atoms with Crippen LogP contribution in [-0.2, 0) is 20.9 Å². The number of amides is 1. The van der Waals surface area contributed by atoms with Crippen LogP contribution in [0.4, 0.5) is 0 Å². The second-order valence-electron chi connectivity index (χ2n) is 7.24. The van der Waals surface area contributed by atoms with Crippen LogP contribution in [0.5, 0.6) is 0 Å². The van der Waals surface area contributed by atoms with Crippen LogP contribution in [0.1, 0.15) is 47.7 Å². The highest BCUT2D eigenvalue weighted by Gasteiger charge is 2.24. The number of carbonyl (C=O) groups is 2. The fraction of sp³-hybridized carbons (Fsp3) is 0.385. The highest BCUT2D eigenvalue weighted by molar-refractivity contribution is 5.98. The Bertz CT molecular complexity index is 1050. The van der Waals surface area contributed by atoms with Crippen molar-refractivity contribution in [3.63, 3.8) is 0 Å². The maximum absolute atomic E-state index is 12.4. The summed E-state index contributed by atoms with van der Waals surface area (Å²) in [5, 5.41) is 20.9. The summed E-state index contributed by atoms with van der Waals surface area (Å²) in [6.07, 6.45) is -0.755. The number of furan rings is 1. The summed E-state index contributed by atoms with van der Waals surface area (Å²) < 4.78 is 16.0. The molecule has 0 aliphatic carbocycles. The summed E-state index contributed by atoms with van der Waals surface area (Å²) in [5.74, 6) is 11.6. The minimum Gasteiger partial charge on any atom is -0.450 e. The first-order valence-electron chi connectivity index (χ1n) is 10.9. The zero-order valence-corrected chi connectivity index (χ0v) is 19.3. The van der Waals surface area contributed by atoms with E-state index in [2.05, 4.69) is 29.0 Å². The van der Waals surface area contributed by atoms with Gasteiger partial charge in [-0.15, -0.1) is 0 Å². The topological polar surface area (TPSA) is 118 Å². The number of carbonyl (C=O) groups excluding carboxylic acids is 2. The molecule has 8 heteroatoms. The molecule has 0 aliphatic rings. The van der Waals surface area contributed by atoms with E-state index in [-0.39, 0.29) is 25.4 Å². The smallest absolute Gasteiger partial charge is 0.251 e. The molecule has 1 amide bonds. The van der Waals surface area contributed by atoms with Crippen LogP contribution in [0.15, 0.2) is 40.8 Å². The minimum atomic E-state index is -0.977. The maximum atomic E-state index is 12.4. The number of nitrogens with one attached hydrogen (secondary N) is 1. The van der Waals surface area contributed by atoms with E-state index in [1.54, 1.807) is 43.3 Å². The van der Waals surface area contributed by atoms with E-state index in [1.807, 2.05) is 0 Å². The first-order chi connectivity index (χ1) is 16.4. The first kappa shape index (κ1) is 26.8. The molecule has 34 heavy (non-hydrogen) atoms. The molecule has 0 radical (unpaired) electrons. The van der Waals surface area contributed by atoms with Crippen LogP contribution >= 0.6 is 0 Å². The molecule has 0 saturated carbocycles. The Morgan fingerprint density at radius 2 is 1.74 bits per heavy atom. The third-order valence-electron chi connectivity index (χ3n) is 4.58. The summed E-state index contributed by atoms with van der Waals surface area (Å²) >= 11 is 0. The molecular weight excluding hydrogens is 438 g/mol. The molecule has 0 bridgehead atoms. The number of benzene rings is 1. The lowest BCUT2D eigenvalue weighted by Gasteiger charge is -2.19. The number of ether oxygens (including phenoxy) is 2. The summed E-state index contributed by atoms with van der Waals surface area (Å²) in [5.41, 5.74) is 1.02. The van der Waals surface area contributed by atoms with Gasteiger partial charge in [-0.05, 0) is 61.1 Å². The standard InChI is InChI=1S/C26H29NO7/c1-3-24(30)25(19(2)29)27-26(31)21-10-8-20(9-11-21)6-4-5-7-22-12-13-23(34-22)18-33-17-16-32-15-14-28/h8-13,19,25,28-29H,3,14-18H2,1-2H3,(H,27,31)/t19-,25-/m0/s1. The van der Waals surface area contributed by atoms with E-state index in [9.17, 15) is 14.7 Å². The Kier molecular flexibility index (Phi) is 11.6. The second-order valence-corrected chi connectivity index (χ2v) is 7.24. The lowest BCUT2D eigenvalue weighted by molar-refractivity contribution is -0.122. The predicted octanol–water partition coefficient (Wildman–Crippen LogP) is 1.67.